The van der Waals surface area contributed by atoms with Gasteiger partial charge in [0.2, 0.25) is 5.95 Å². The van der Waals surface area contributed by atoms with Crippen LogP contribution in [0.5, 0.6) is 0 Å². The van der Waals surface area contributed by atoms with Crippen LogP contribution in [0.25, 0.3) is 22.8 Å². The first-order valence-corrected chi connectivity index (χ1v) is 8.08. The molecule has 4 aromatic rings. The Morgan fingerprint density at radius 3 is 2.77 bits per heavy atom. The number of anilines is 1. The third kappa shape index (κ3) is 3.06. The number of nitrogens with zero attached hydrogens (tertiary/aromatic N) is 4. The van der Waals surface area contributed by atoms with Crippen molar-refractivity contribution in [2.24, 2.45) is 7.05 Å². The number of halogens is 1. The summed E-state index contributed by atoms with van der Waals surface area (Å²) in [6, 6.07) is 10.2. The quantitative estimate of drug-likeness (QED) is 0.592. The van der Waals surface area contributed by atoms with E-state index in [1.54, 1.807) is 42.9 Å². The van der Waals surface area contributed by atoms with Gasteiger partial charge < -0.3 is 14.3 Å². The molecule has 26 heavy (non-hydrogen) atoms. The maximum Gasteiger partial charge on any atom is 0.223 e. The molecule has 0 spiro atoms. The molecule has 0 aliphatic heterocycles. The number of hydrogen-bond donors (Lipinski definition) is 1. The Kier molecular flexibility index (Phi) is 4.18. The third-order valence-electron chi connectivity index (χ3n) is 4.00. The maximum absolute atomic E-state index is 13.8. The number of imidazole rings is 1. The Labute approximate surface area is 149 Å². The molecule has 0 radical (unpaired) electrons. The summed E-state index contributed by atoms with van der Waals surface area (Å²) in [5.74, 6) is 1.46. The third-order valence-corrected chi connectivity index (χ3v) is 4.00. The minimum absolute atomic E-state index is 0.268. The second-order valence-electron chi connectivity index (χ2n) is 5.74. The lowest BCUT2D eigenvalue weighted by Crippen LogP contribution is -2.07. The van der Waals surface area contributed by atoms with E-state index in [-0.39, 0.29) is 12.4 Å². The van der Waals surface area contributed by atoms with Crippen molar-refractivity contribution in [2.45, 2.75) is 6.54 Å². The van der Waals surface area contributed by atoms with E-state index in [0.29, 0.717) is 23.0 Å². The summed E-state index contributed by atoms with van der Waals surface area (Å²) >= 11 is 0. The van der Waals surface area contributed by atoms with Crippen LogP contribution in [0.3, 0.4) is 0 Å². The number of furan rings is 1. The van der Waals surface area contributed by atoms with E-state index in [4.69, 9.17) is 4.42 Å². The molecule has 1 aromatic carbocycles. The first kappa shape index (κ1) is 16.0. The fraction of sp³-hybridized carbons (Fsp3) is 0.105. The molecule has 6 nitrogen and oxygen atoms in total. The number of rotatable bonds is 5. The molecule has 0 aliphatic rings. The molecule has 0 fully saturated rings. The number of aryl methyl sites for hydroxylation is 1. The van der Waals surface area contributed by atoms with E-state index in [1.165, 1.54) is 6.07 Å². The summed E-state index contributed by atoms with van der Waals surface area (Å²) in [4.78, 5) is 13.3. The van der Waals surface area contributed by atoms with Gasteiger partial charge in [-0.1, -0.05) is 18.2 Å². The van der Waals surface area contributed by atoms with Gasteiger partial charge in [-0.25, -0.2) is 19.3 Å². The fourth-order valence-corrected chi connectivity index (χ4v) is 2.67. The molecular formula is C19H16FN5O. The predicted molar refractivity (Wildman–Crippen MR) is 95.7 cm³/mol. The Bertz CT molecular complexity index is 1030. The van der Waals surface area contributed by atoms with Gasteiger partial charge in [-0.2, -0.15) is 0 Å². The molecule has 0 saturated heterocycles. The van der Waals surface area contributed by atoms with E-state index < -0.39 is 0 Å². The molecule has 1 N–H and O–H groups in total. The minimum atomic E-state index is -0.268. The molecule has 0 aliphatic carbocycles. The predicted octanol–water partition coefficient (Wildman–Crippen LogP) is 3.89. The van der Waals surface area contributed by atoms with E-state index in [9.17, 15) is 4.39 Å². The summed E-state index contributed by atoms with van der Waals surface area (Å²) in [6.07, 6.45) is 6.85. The van der Waals surface area contributed by atoms with Crippen molar-refractivity contribution in [1.29, 1.82) is 0 Å². The van der Waals surface area contributed by atoms with Crippen LogP contribution >= 0.6 is 0 Å². The first-order valence-electron chi connectivity index (χ1n) is 8.08. The zero-order valence-corrected chi connectivity index (χ0v) is 14.1. The van der Waals surface area contributed by atoms with Gasteiger partial charge in [0.05, 0.1) is 11.8 Å². The molecule has 0 saturated carbocycles. The fourth-order valence-electron chi connectivity index (χ4n) is 2.67. The van der Waals surface area contributed by atoms with E-state index >= 15 is 0 Å². The second-order valence-corrected chi connectivity index (χ2v) is 5.74. The zero-order valence-electron chi connectivity index (χ0n) is 14.1. The van der Waals surface area contributed by atoms with Crippen molar-refractivity contribution in [3.63, 3.8) is 0 Å². The highest BCUT2D eigenvalue weighted by Gasteiger charge is 2.16. The monoisotopic (exact) mass is 349 g/mol. The van der Waals surface area contributed by atoms with Crippen LogP contribution in [-0.4, -0.2) is 19.5 Å². The molecule has 3 aromatic heterocycles. The lowest BCUT2D eigenvalue weighted by Gasteiger charge is -2.10. The Morgan fingerprint density at radius 1 is 1.15 bits per heavy atom. The van der Waals surface area contributed by atoms with Crippen LogP contribution in [0.1, 0.15) is 5.56 Å². The molecule has 0 bridgehead atoms. The van der Waals surface area contributed by atoms with Crippen molar-refractivity contribution < 1.29 is 8.81 Å². The highest BCUT2D eigenvalue weighted by Crippen LogP contribution is 2.30. The molecule has 0 amide bonds. The average molecular weight is 349 g/mol. The average Bonchev–Trinajstić information content (AvgIpc) is 3.33. The zero-order chi connectivity index (χ0) is 17.9. The van der Waals surface area contributed by atoms with Gasteiger partial charge in [0.25, 0.3) is 0 Å². The van der Waals surface area contributed by atoms with Crippen molar-refractivity contribution in [3.8, 4) is 22.8 Å². The smallest absolute Gasteiger partial charge is 0.223 e. The van der Waals surface area contributed by atoms with Crippen molar-refractivity contribution in [3.05, 3.63) is 72.6 Å². The largest absolute Gasteiger partial charge is 0.463 e. The van der Waals surface area contributed by atoms with E-state index in [2.05, 4.69) is 20.3 Å². The van der Waals surface area contributed by atoms with Gasteiger partial charge in [-0.3, -0.25) is 0 Å². The van der Waals surface area contributed by atoms with Crippen LogP contribution in [0.15, 0.2) is 65.7 Å². The topological polar surface area (TPSA) is 68.8 Å². The van der Waals surface area contributed by atoms with E-state index in [1.807, 2.05) is 23.9 Å². The molecule has 0 unspecified atom stereocenters. The van der Waals surface area contributed by atoms with Crippen LogP contribution < -0.4 is 5.32 Å². The minimum Gasteiger partial charge on any atom is -0.463 e. The van der Waals surface area contributed by atoms with Gasteiger partial charge in [-0.05, 0) is 18.2 Å². The summed E-state index contributed by atoms with van der Waals surface area (Å²) in [6.45, 7) is 0.284. The van der Waals surface area contributed by atoms with Gasteiger partial charge in [0.1, 0.15) is 17.3 Å². The van der Waals surface area contributed by atoms with Gasteiger partial charge in [-0.15, -0.1) is 0 Å². The molecule has 130 valence electrons. The lowest BCUT2D eigenvalue weighted by atomic mass is 10.2. The van der Waals surface area contributed by atoms with Crippen molar-refractivity contribution in [1.82, 2.24) is 19.5 Å². The number of aromatic nitrogens is 4. The van der Waals surface area contributed by atoms with E-state index in [0.717, 1.165) is 11.4 Å². The summed E-state index contributed by atoms with van der Waals surface area (Å²) in [7, 11) is 1.90. The normalized spacial score (nSPS) is 10.8. The number of benzene rings is 1. The summed E-state index contributed by atoms with van der Waals surface area (Å²) in [5, 5.41) is 3.06. The SMILES string of the molecule is Cn1ccnc1-c1cnc(NCc2ccccc2F)nc1-c1ccco1. The van der Waals surface area contributed by atoms with Crippen molar-refractivity contribution >= 4 is 5.95 Å². The van der Waals surface area contributed by atoms with Gasteiger partial charge in [0, 0.05) is 37.7 Å². The van der Waals surface area contributed by atoms with Gasteiger partial charge >= 0.3 is 0 Å². The molecule has 3 heterocycles. The number of hydrogen-bond acceptors (Lipinski definition) is 5. The molecule has 0 atom stereocenters. The standard InChI is InChI=1S/C19H16FN5O/c1-25-9-8-21-18(25)14-12-23-19(24-17(14)16-7-4-10-26-16)22-11-13-5-2-3-6-15(13)20/h2-10,12H,11H2,1H3,(H,22,23,24). The Morgan fingerprint density at radius 2 is 2.04 bits per heavy atom. The van der Waals surface area contributed by atoms with Gasteiger partial charge in [0.15, 0.2) is 5.76 Å². The Balaban J connectivity index is 1.69. The second kappa shape index (κ2) is 6.79. The summed E-state index contributed by atoms with van der Waals surface area (Å²) < 4.78 is 21.2. The van der Waals surface area contributed by atoms with Crippen LogP contribution in [0.4, 0.5) is 10.3 Å². The maximum atomic E-state index is 13.8. The molecule has 7 heteroatoms. The van der Waals surface area contributed by atoms with Crippen molar-refractivity contribution in [2.75, 3.05) is 5.32 Å². The first-order chi connectivity index (χ1) is 12.7. The summed E-state index contributed by atoms with van der Waals surface area (Å²) in [5.41, 5.74) is 1.92. The van der Waals surface area contributed by atoms with Crippen LogP contribution in [0.2, 0.25) is 0 Å². The highest BCUT2D eigenvalue weighted by molar-refractivity contribution is 5.75. The van der Waals surface area contributed by atoms with Crippen LogP contribution in [-0.2, 0) is 13.6 Å². The number of nitrogens with one attached hydrogen (secondary N) is 1. The molecular weight excluding hydrogens is 333 g/mol. The Hall–Kier alpha value is -3.48. The highest BCUT2D eigenvalue weighted by atomic mass is 19.1. The molecule has 4 rings (SSSR count). The van der Waals surface area contributed by atoms with Crippen LogP contribution in [0, 0.1) is 5.82 Å². The lowest BCUT2D eigenvalue weighted by molar-refractivity contribution is 0.580.